The SMILES string of the molecule is CCc1nc(CN2CCN(S(=O)(=O)c3ccc(C(F)(F)F)cc3)CC2)no1. The van der Waals surface area contributed by atoms with E-state index in [0.717, 1.165) is 24.3 Å². The fraction of sp³-hybridized carbons (Fsp3) is 0.500. The first-order valence-electron chi connectivity index (χ1n) is 8.41. The van der Waals surface area contributed by atoms with Crippen LogP contribution in [0, 0.1) is 0 Å². The number of sulfonamides is 1. The van der Waals surface area contributed by atoms with Crippen molar-refractivity contribution >= 4 is 10.0 Å². The smallest absolute Gasteiger partial charge is 0.339 e. The topological polar surface area (TPSA) is 79.5 Å². The summed E-state index contributed by atoms with van der Waals surface area (Å²) < 4.78 is 69.5. The fourth-order valence-electron chi connectivity index (χ4n) is 2.79. The monoisotopic (exact) mass is 404 g/mol. The Balaban J connectivity index is 1.62. The molecule has 148 valence electrons. The summed E-state index contributed by atoms with van der Waals surface area (Å²) >= 11 is 0. The molecule has 1 saturated heterocycles. The Morgan fingerprint density at radius 2 is 1.74 bits per heavy atom. The van der Waals surface area contributed by atoms with Gasteiger partial charge < -0.3 is 4.52 Å². The second-order valence-corrected chi connectivity index (χ2v) is 8.10. The molecule has 0 unspecified atom stereocenters. The first-order chi connectivity index (χ1) is 12.7. The lowest BCUT2D eigenvalue weighted by molar-refractivity contribution is -0.137. The zero-order valence-electron chi connectivity index (χ0n) is 14.6. The molecule has 27 heavy (non-hydrogen) atoms. The number of hydrogen-bond donors (Lipinski definition) is 0. The van der Waals surface area contributed by atoms with Crippen molar-refractivity contribution in [3.05, 3.63) is 41.5 Å². The van der Waals surface area contributed by atoms with E-state index in [9.17, 15) is 21.6 Å². The number of benzene rings is 1. The lowest BCUT2D eigenvalue weighted by Crippen LogP contribution is -2.48. The zero-order chi connectivity index (χ0) is 19.7. The number of alkyl halides is 3. The zero-order valence-corrected chi connectivity index (χ0v) is 15.4. The van der Waals surface area contributed by atoms with E-state index in [-0.39, 0.29) is 18.0 Å². The second-order valence-electron chi connectivity index (χ2n) is 6.16. The minimum absolute atomic E-state index is 0.144. The van der Waals surface area contributed by atoms with Gasteiger partial charge in [-0.15, -0.1) is 0 Å². The highest BCUT2D eigenvalue weighted by atomic mass is 32.2. The molecule has 0 atom stereocenters. The van der Waals surface area contributed by atoms with Crippen LogP contribution in [-0.2, 0) is 29.2 Å². The molecular weight excluding hydrogens is 385 g/mol. The van der Waals surface area contributed by atoms with Crippen molar-refractivity contribution in [1.82, 2.24) is 19.3 Å². The largest absolute Gasteiger partial charge is 0.416 e. The van der Waals surface area contributed by atoms with E-state index in [1.807, 2.05) is 11.8 Å². The summed E-state index contributed by atoms with van der Waals surface area (Å²) in [7, 11) is -3.83. The fourth-order valence-corrected chi connectivity index (χ4v) is 4.21. The third kappa shape index (κ3) is 4.47. The van der Waals surface area contributed by atoms with Crippen molar-refractivity contribution in [2.75, 3.05) is 26.2 Å². The lowest BCUT2D eigenvalue weighted by Gasteiger charge is -2.33. The molecule has 1 aromatic heterocycles. The van der Waals surface area contributed by atoms with Crippen LogP contribution in [0.4, 0.5) is 13.2 Å². The maximum absolute atomic E-state index is 12.6. The van der Waals surface area contributed by atoms with E-state index >= 15 is 0 Å². The first kappa shape index (κ1) is 19.8. The van der Waals surface area contributed by atoms with Crippen LogP contribution < -0.4 is 0 Å². The number of aryl methyl sites for hydroxylation is 1. The summed E-state index contributed by atoms with van der Waals surface area (Å²) in [5.74, 6) is 1.10. The lowest BCUT2D eigenvalue weighted by atomic mass is 10.2. The molecule has 0 saturated carbocycles. The second kappa shape index (κ2) is 7.56. The molecule has 7 nitrogen and oxygen atoms in total. The highest BCUT2D eigenvalue weighted by molar-refractivity contribution is 7.89. The van der Waals surface area contributed by atoms with E-state index < -0.39 is 21.8 Å². The van der Waals surface area contributed by atoms with Crippen molar-refractivity contribution < 1.29 is 26.1 Å². The molecule has 0 bridgehead atoms. The van der Waals surface area contributed by atoms with Crippen molar-refractivity contribution in [3.8, 4) is 0 Å². The molecular formula is C16H19F3N4O3S. The first-order valence-corrected chi connectivity index (χ1v) is 9.85. The number of aromatic nitrogens is 2. The van der Waals surface area contributed by atoms with Gasteiger partial charge in [-0.2, -0.15) is 22.5 Å². The van der Waals surface area contributed by atoms with Crippen LogP contribution in [0.1, 0.15) is 24.2 Å². The summed E-state index contributed by atoms with van der Waals surface area (Å²) in [5, 5.41) is 3.87. The van der Waals surface area contributed by atoms with Gasteiger partial charge in [0.05, 0.1) is 17.0 Å². The van der Waals surface area contributed by atoms with Gasteiger partial charge in [0.1, 0.15) is 0 Å². The van der Waals surface area contributed by atoms with Crippen molar-refractivity contribution in [2.45, 2.75) is 31.0 Å². The number of piperazine rings is 1. The molecule has 1 aromatic carbocycles. The number of halogens is 3. The Hall–Kier alpha value is -1.98. The summed E-state index contributed by atoms with van der Waals surface area (Å²) in [6.45, 7) is 3.77. The summed E-state index contributed by atoms with van der Waals surface area (Å²) in [5.41, 5.74) is -0.877. The van der Waals surface area contributed by atoms with E-state index in [1.165, 1.54) is 4.31 Å². The highest BCUT2D eigenvalue weighted by Gasteiger charge is 2.32. The molecule has 0 aliphatic carbocycles. The Morgan fingerprint density at radius 1 is 1.11 bits per heavy atom. The van der Waals surface area contributed by atoms with E-state index in [0.29, 0.717) is 37.8 Å². The van der Waals surface area contributed by atoms with Gasteiger partial charge in [0, 0.05) is 32.6 Å². The van der Waals surface area contributed by atoms with Gasteiger partial charge in [-0.3, -0.25) is 4.90 Å². The van der Waals surface area contributed by atoms with Crippen LogP contribution >= 0.6 is 0 Å². The maximum Gasteiger partial charge on any atom is 0.416 e. The number of rotatable bonds is 5. The van der Waals surface area contributed by atoms with E-state index in [1.54, 1.807) is 0 Å². The summed E-state index contributed by atoms with van der Waals surface area (Å²) in [4.78, 5) is 6.08. The van der Waals surface area contributed by atoms with Gasteiger partial charge in [0.25, 0.3) is 0 Å². The van der Waals surface area contributed by atoms with Crippen LogP contribution in [0.15, 0.2) is 33.7 Å². The third-order valence-electron chi connectivity index (χ3n) is 4.33. The van der Waals surface area contributed by atoms with E-state index in [2.05, 4.69) is 10.1 Å². The standard InChI is InChI=1S/C16H19F3N4O3S/c1-2-15-20-14(21-26-15)11-22-7-9-23(10-8-22)27(24,25)13-5-3-12(4-6-13)16(17,18)19/h3-6H,2,7-11H2,1H3. The predicted molar refractivity (Wildman–Crippen MR) is 89.2 cm³/mol. The summed E-state index contributed by atoms with van der Waals surface area (Å²) in [6, 6.07) is 3.56. The molecule has 2 heterocycles. The predicted octanol–water partition coefficient (Wildman–Crippen LogP) is 2.16. The molecule has 1 fully saturated rings. The van der Waals surface area contributed by atoms with Crippen LogP contribution in [0.5, 0.6) is 0 Å². The van der Waals surface area contributed by atoms with Crippen LogP contribution in [0.25, 0.3) is 0 Å². The average molecular weight is 404 g/mol. The van der Waals surface area contributed by atoms with Crippen molar-refractivity contribution in [2.24, 2.45) is 0 Å². The van der Waals surface area contributed by atoms with Crippen LogP contribution in [0.2, 0.25) is 0 Å². The van der Waals surface area contributed by atoms with Gasteiger partial charge >= 0.3 is 6.18 Å². The Morgan fingerprint density at radius 3 is 2.26 bits per heavy atom. The molecule has 1 aliphatic rings. The van der Waals surface area contributed by atoms with Gasteiger partial charge in [0.2, 0.25) is 15.9 Å². The third-order valence-corrected chi connectivity index (χ3v) is 6.24. The Kier molecular flexibility index (Phi) is 5.54. The highest BCUT2D eigenvalue weighted by Crippen LogP contribution is 2.30. The molecule has 0 N–H and O–H groups in total. The maximum atomic E-state index is 12.6. The molecule has 2 aromatic rings. The normalized spacial score (nSPS) is 17.3. The average Bonchev–Trinajstić information content (AvgIpc) is 3.09. The van der Waals surface area contributed by atoms with E-state index in [4.69, 9.17) is 4.52 Å². The van der Waals surface area contributed by atoms with Crippen molar-refractivity contribution in [3.63, 3.8) is 0 Å². The van der Waals surface area contributed by atoms with Gasteiger partial charge in [-0.25, -0.2) is 8.42 Å². The minimum atomic E-state index is -4.50. The molecule has 11 heteroatoms. The molecule has 0 radical (unpaired) electrons. The quantitative estimate of drug-likeness (QED) is 0.760. The van der Waals surface area contributed by atoms with Crippen LogP contribution in [0.3, 0.4) is 0 Å². The summed E-state index contributed by atoms with van der Waals surface area (Å²) in [6.07, 6.45) is -3.85. The number of nitrogens with zero attached hydrogens (tertiary/aromatic N) is 4. The minimum Gasteiger partial charge on any atom is -0.339 e. The molecule has 3 rings (SSSR count). The molecule has 1 aliphatic heterocycles. The van der Waals surface area contributed by atoms with Crippen molar-refractivity contribution in [1.29, 1.82) is 0 Å². The Bertz CT molecular complexity index is 873. The van der Waals surface area contributed by atoms with Gasteiger partial charge in [-0.1, -0.05) is 12.1 Å². The Labute approximate surface area is 154 Å². The molecule has 0 spiro atoms. The van der Waals surface area contributed by atoms with Gasteiger partial charge in [-0.05, 0) is 24.3 Å². The van der Waals surface area contributed by atoms with Gasteiger partial charge in [0.15, 0.2) is 5.82 Å². The number of hydrogen-bond acceptors (Lipinski definition) is 6. The van der Waals surface area contributed by atoms with Crippen LogP contribution in [-0.4, -0.2) is 53.9 Å². The molecule has 0 amide bonds.